The van der Waals surface area contributed by atoms with Gasteiger partial charge in [-0.15, -0.1) is 12.6 Å². The summed E-state index contributed by atoms with van der Waals surface area (Å²) < 4.78 is 29.3. The van der Waals surface area contributed by atoms with E-state index in [4.69, 9.17) is 0 Å². The second-order valence-electron chi connectivity index (χ2n) is 9.60. The maximum atomic E-state index is 15.1. The predicted molar refractivity (Wildman–Crippen MR) is 102 cm³/mol. The number of rotatable bonds is 1. The Morgan fingerprint density at radius 2 is 1.96 bits per heavy atom. The highest BCUT2D eigenvalue weighted by Gasteiger charge is 2.71. The summed E-state index contributed by atoms with van der Waals surface area (Å²) in [6.07, 6.45) is 1.80. The summed E-state index contributed by atoms with van der Waals surface area (Å²) >= 11 is 3.95. The van der Waals surface area contributed by atoms with E-state index in [-0.39, 0.29) is 24.2 Å². The lowest BCUT2D eigenvalue weighted by atomic mass is 9.46. The third-order valence-corrected chi connectivity index (χ3v) is 8.95. The van der Waals surface area contributed by atoms with Crippen LogP contribution < -0.4 is 0 Å². The van der Waals surface area contributed by atoms with Gasteiger partial charge in [-0.25, -0.2) is 4.39 Å². The van der Waals surface area contributed by atoms with E-state index < -0.39 is 51.0 Å². The molecule has 4 nitrogen and oxygen atoms in total. The summed E-state index contributed by atoms with van der Waals surface area (Å²) in [4.78, 5) is 24.1. The van der Waals surface area contributed by atoms with Gasteiger partial charge in [0.25, 0.3) is 0 Å². The monoisotopic (exact) mass is 412 g/mol. The van der Waals surface area contributed by atoms with Crippen molar-refractivity contribution in [1.29, 1.82) is 0 Å². The lowest BCUT2D eigenvalue weighted by Gasteiger charge is -2.59. The minimum Gasteiger partial charge on any atom is -0.393 e. The zero-order valence-electron chi connectivity index (χ0n) is 16.2. The first kappa shape index (κ1) is 20.2. The average Bonchev–Trinajstić information content (AvgIpc) is 2.82. The molecule has 2 N–H and O–H groups in total. The molecule has 4 aliphatic carbocycles. The van der Waals surface area contributed by atoms with Crippen molar-refractivity contribution in [3.8, 4) is 0 Å². The van der Waals surface area contributed by atoms with E-state index in [1.165, 1.54) is 6.08 Å². The van der Waals surface area contributed by atoms with Crippen molar-refractivity contribution in [1.82, 2.24) is 0 Å². The molecule has 0 aliphatic heterocycles. The molecule has 3 unspecified atom stereocenters. The standard InChI is InChI=1S/C21H26F2O4S/c1-9-6-12-11-5-4-10-7-13(24)16(22)17(23)20(10,3)15(11)14(25)8-19(12,2)21(9,27)18(26)28/h7,9,11-12,14-15,25,27H,4-6,8H2,1-3H3,(H,26,28)/t9?,11-,12-,14?,15+,19-,20-,21?/m0/s1. The molecule has 8 atom stereocenters. The number of aliphatic hydroxyl groups is 2. The number of halogens is 2. The number of fused-ring (bicyclic) bond motifs is 5. The van der Waals surface area contributed by atoms with Crippen molar-refractivity contribution in [2.24, 2.45) is 34.5 Å². The third kappa shape index (κ3) is 2.13. The van der Waals surface area contributed by atoms with Gasteiger partial charge in [-0.2, -0.15) is 4.39 Å². The smallest absolute Gasteiger partial charge is 0.218 e. The number of allylic oxidation sites excluding steroid dienone is 4. The Bertz CT molecular complexity index is 838. The highest BCUT2D eigenvalue weighted by molar-refractivity contribution is 7.96. The van der Waals surface area contributed by atoms with Crippen LogP contribution >= 0.6 is 12.6 Å². The summed E-state index contributed by atoms with van der Waals surface area (Å²) in [6, 6.07) is 0. The molecule has 0 bridgehead atoms. The molecule has 0 aromatic carbocycles. The zero-order chi connectivity index (χ0) is 20.8. The topological polar surface area (TPSA) is 74.6 Å². The van der Waals surface area contributed by atoms with Crippen LogP contribution in [-0.4, -0.2) is 32.8 Å². The number of aliphatic hydroxyl groups excluding tert-OH is 1. The highest BCUT2D eigenvalue weighted by Crippen LogP contribution is 2.69. The van der Waals surface area contributed by atoms with Crippen molar-refractivity contribution in [3.05, 3.63) is 23.3 Å². The average molecular weight is 412 g/mol. The highest BCUT2D eigenvalue weighted by atomic mass is 32.1. The molecular formula is C21H26F2O4S. The minimum absolute atomic E-state index is 0.0949. The summed E-state index contributed by atoms with van der Waals surface area (Å²) in [5, 5.41) is 21.8. The molecular weight excluding hydrogens is 386 g/mol. The molecule has 0 aromatic heterocycles. The maximum Gasteiger partial charge on any atom is 0.218 e. The molecule has 0 amide bonds. The van der Waals surface area contributed by atoms with Gasteiger partial charge in [0.1, 0.15) is 11.4 Å². The number of hydrogen-bond acceptors (Lipinski definition) is 4. The lowest BCUT2D eigenvalue weighted by Crippen LogP contribution is -2.62. The summed E-state index contributed by atoms with van der Waals surface area (Å²) in [7, 11) is 0. The Morgan fingerprint density at radius 3 is 2.57 bits per heavy atom. The Labute approximate surface area is 168 Å². The van der Waals surface area contributed by atoms with Gasteiger partial charge < -0.3 is 10.2 Å². The van der Waals surface area contributed by atoms with Crippen molar-refractivity contribution in [3.63, 3.8) is 0 Å². The van der Waals surface area contributed by atoms with Crippen LogP contribution in [0.3, 0.4) is 0 Å². The summed E-state index contributed by atoms with van der Waals surface area (Å²) in [5.41, 5.74) is -3.43. The molecule has 7 heteroatoms. The number of carbonyl (C=O) groups is 2. The molecule has 28 heavy (non-hydrogen) atoms. The molecule has 0 heterocycles. The Balaban J connectivity index is 1.83. The SMILES string of the molecule is CC1C[C@H]2[C@@H]3CCC4=CC(=O)C(F)=C(F)[C@]4(C)[C@H]3C(O)C[C@]2(C)C1(O)C(=O)S. The number of hydrogen-bond donors (Lipinski definition) is 3. The van der Waals surface area contributed by atoms with Crippen LogP contribution in [-0.2, 0) is 9.59 Å². The van der Waals surface area contributed by atoms with Crippen LogP contribution in [0.1, 0.15) is 46.5 Å². The quantitative estimate of drug-likeness (QED) is 0.578. The van der Waals surface area contributed by atoms with Gasteiger partial charge in [0, 0.05) is 16.7 Å². The normalized spacial score (nSPS) is 50.6. The molecule has 0 saturated heterocycles. The van der Waals surface area contributed by atoms with Crippen LogP contribution in [0.15, 0.2) is 23.3 Å². The van der Waals surface area contributed by atoms with Gasteiger partial charge in [-0.05, 0) is 56.4 Å². The van der Waals surface area contributed by atoms with Crippen molar-refractivity contribution in [2.75, 3.05) is 0 Å². The van der Waals surface area contributed by atoms with E-state index in [9.17, 15) is 24.2 Å². The first-order valence-corrected chi connectivity index (χ1v) is 10.3. The minimum atomic E-state index is -1.67. The fourth-order valence-corrected chi connectivity index (χ4v) is 7.70. The fraction of sp³-hybridized carbons (Fsp3) is 0.714. The number of thiol groups is 1. The van der Waals surface area contributed by atoms with Gasteiger partial charge >= 0.3 is 0 Å². The van der Waals surface area contributed by atoms with Gasteiger partial charge in [-0.1, -0.05) is 19.4 Å². The summed E-state index contributed by atoms with van der Waals surface area (Å²) in [5.74, 6) is -4.74. The van der Waals surface area contributed by atoms with E-state index in [1.54, 1.807) is 20.8 Å². The third-order valence-electron chi connectivity index (χ3n) is 8.61. The van der Waals surface area contributed by atoms with Gasteiger partial charge in [0.15, 0.2) is 0 Å². The van der Waals surface area contributed by atoms with E-state index in [1.807, 2.05) is 0 Å². The molecule has 3 fully saturated rings. The Morgan fingerprint density at radius 1 is 1.32 bits per heavy atom. The van der Waals surface area contributed by atoms with Gasteiger partial charge in [0.05, 0.1) is 6.10 Å². The van der Waals surface area contributed by atoms with Crippen LogP contribution in [0, 0.1) is 34.5 Å². The van der Waals surface area contributed by atoms with E-state index in [0.29, 0.717) is 24.8 Å². The molecule has 4 rings (SSSR count). The van der Waals surface area contributed by atoms with Gasteiger partial charge in [0.2, 0.25) is 16.7 Å². The Kier molecular flexibility index (Phi) is 4.33. The molecule has 4 aliphatic rings. The van der Waals surface area contributed by atoms with Crippen LogP contribution in [0.4, 0.5) is 8.78 Å². The van der Waals surface area contributed by atoms with Crippen LogP contribution in [0.2, 0.25) is 0 Å². The molecule has 0 radical (unpaired) electrons. The second kappa shape index (κ2) is 5.99. The first-order chi connectivity index (χ1) is 12.9. The van der Waals surface area contributed by atoms with Gasteiger partial charge in [-0.3, -0.25) is 9.59 Å². The fourth-order valence-electron chi connectivity index (χ4n) is 7.22. The second-order valence-corrected chi connectivity index (χ2v) is 10.0. The van der Waals surface area contributed by atoms with Crippen molar-refractivity contribution in [2.45, 2.75) is 58.2 Å². The number of ketones is 1. The van der Waals surface area contributed by atoms with Crippen molar-refractivity contribution < 1.29 is 28.6 Å². The van der Waals surface area contributed by atoms with Crippen LogP contribution in [0.5, 0.6) is 0 Å². The maximum absolute atomic E-state index is 15.1. The van der Waals surface area contributed by atoms with E-state index >= 15 is 4.39 Å². The Hall–Kier alpha value is -1.05. The van der Waals surface area contributed by atoms with Crippen LogP contribution in [0.25, 0.3) is 0 Å². The molecule has 0 spiro atoms. The van der Waals surface area contributed by atoms with Crippen molar-refractivity contribution >= 4 is 23.5 Å². The number of carbonyl (C=O) groups excluding carboxylic acids is 2. The predicted octanol–water partition coefficient (Wildman–Crippen LogP) is 3.29. The van der Waals surface area contributed by atoms with E-state index in [0.717, 1.165) is 0 Å². The largest absolute Gasteiger partial charge is 0.393 e. The lowest BCUT2D eigenvalue weighted by molar-refractivity contribution is -0.176. The zero-order valence-corrected chi connectivity index (χ0v) is 17.1. The molecule has 0 aromatic rings. The molecule has 3 saturated carbocycles. The first-order valence-electron chi connectivity index (χ1n) is 9.85. The summed E-state index contributed by atoms with van der Waals surface area (Å²) in [6.45, 7) is 5.17. The molecule has 154 valence electrons. The van der Waals surface area contributed by atoms with E-state index in [2.05, 4.69) is 12.6 Å².